The number of aromatic nitrogens is 4. The molecule has 1 aliphatic carbocycles. The van der Waals surface area contributed by atoms with Gasteiger partial charge < -0.3 is 0 Å². The predicted octanol–water partition coefficient (Wildman–Crippen LogP) is 4.26. The molecule has 5 rings (SSSR count). The Balaban J connectivity index is 1.70. The summed E-state index contributed by atoms with van der Waals surface area (Å²) < 4.78 is 16.5. The van der Waals surface area contributed by atoms with E-state index in [4.69, 9.17) is 0 Å². The summed E-state index contributed by atoms with van der Waals surface area (Å²) in [5, 5.41) is 10.0. The van der Waals surface area contributed by atoms with E-state index in [1.54, 1.807) is 23.0 Å². The highest BCUT2D eigenvalue weighted by atomic mass is 19.1. The molecule has 0 aliphatic heterocycles. The number of benzene rings is 2. The topological polar surface area (TPSA) is 52.7 Å². The standard InChI is InChI=1S/C23H21FN4O/c1-14-3-10-19(11-15(14)2)28-22-20(12-25-28)21(17-6-7-17)26-27(23(22)29)13-16-4-8-18(24)9-5-16/h3-5,8-12,17H,6-7,13H2,1-2H3. The molecule has 1 fully saturated rings. The molecule has 0 spiro atoms. The second kappa shape index (κ2) is 6.65. The summed E-state index contributed by atoms with van der Waals surface area (Å²) in [5.41, 5.74) is 5.32. The molecule has 2 heterocycles. The average Bonchev–Trinajstić information content (AvgIpc) is 3.46. The molecule has 0 unspecified atom stereocenters. The third-order valence-corrected chi connectivity index (χ3v) is 5.66. The van der Waals surface area contributed by atoms with E-state index in [-0.39, 0.29) is 11.4 Å². The zero-order chi connectivity index (χ0) is 20.1. The van der Waals surface area contributed by atoms with Crippen LogP contribution in [0.15, 0.2) is 53.5 Å². The molecule has 0 saturated heterocycles. The smallest absolute Gasteiger partial charge is 0.265 e. The van der Waals surface area contributed by atoms with Crippen LogP contribution in [0.1, 0.15) is 41.1 Å². The first-order valence-electron chi connectivity index (χ1n) is 9.82. The molecule has 0 amide bonds. The maximum atomic E-state index is 13.4. The van der Waals surface area contributed by atoms with Gasteiger partial charge in [-0.05, 0) is 67.6 Å². The van der Waals surface area contributed by atoms with Gasteiger partial charge >= 0.3 is 0 Å². The van der Waals surface area contributed by atoms with Crippen LogP contribution in [0, 0.1) is 19.7 Å². The van der Waals surface area contributed by atoms with Crippen LogP contribution in [0.2, 0.25) is 0 Å². The van der Waals surface area contributed by atoms with Gasteiger partial charge in [0.2, 0.25) is 0 Å². The van der Waals surface area contributed by atoms with Crippen LogP contribution in [0.4, 0.5) is 4.39 Å². The molecule has 6 heteroatoms. The quantitative estimate of drug-likeness (QED) is 0.525. The van der Waals surface area contributed by atoms with Crippen molar-refractivity contribution in [2.75, 3.05) is 0 Å². The first-order chi connectivity index (χ1) is 14.0. The molecule has 4 aromatic rings. The fraction of sp³-hybridized carbons (Fsp3) is 0.261. The van der Waals surface area contributed by atoms with Crippen LogP contribution < -0.4 is 5.56 Å². The minimum atomic E-state index is -0.295. The summed E-state index contributed by atoms with van der Waals surface area (Å²) in [4.78, 5) is 13.4. The van der Waals surface area contributed by atoms with Gasteiger partial charge in [-0.15, -0.1) is 0 Å². The van der Waals surface area contributed by atoms with Gasteiger partial charge in [0, 0.05) is 11.3 Å². The van der Waals surface area contributed by atoms with Crippen LogP contribution in [0.3, 0.4) is 0 Å². The molecule has 0 bridgehead atoms. The molecule has 5 nitrogen and oxygen atoms in total. The van der Waals surface area contributed by atoms with Crippen LogP contribution in [0.5, 0.6) is 0 Å². The van der Waals surface area contributed by atoms with E-state index in [2.05, 4.69) is 24.0 Å². The van der Waals surface area contributed by atoms with Crippen molar-refractivity contribution in [2.45, 2.75) is 39.2 Å². The van der Waals surface area contributed by atoms with E-state index in [1.165, 1.54) is 22.4 Å². The Bertz CT molecular complexity index is 1280. The van der Waals surface area contributed by atoms with Gasteiger partial charge in [0.15, 0.2) is 0 Å². The largest absolute Gasteiger partial charge is 0.293 e. The minimum Gasteiger partial charge on any atom is -0.265 e. The summed E-state index contributed by atoms with van der Waals surface area (Å²) in [6.45, 7) is 4.41. The predicted molar refractivity (Wildman–Crippen MR) is 110 cm³/mol. The van der Waals surface area contributed by atoms with Crippen molar-refractivity contribution in [2.24, 2.45) is 0 Å². The maximum absolute atomic E-state index is 13.4. The van der Waals surface area contributed by atoms with E-state index >= 15 is 0 Å². The Kier molecular flexibility index (Phi) is 4.08. The van der Waals surface area contributed by atoms with Crippen molar-refractivity contribution in [3.8, 4) is 5.69 Å². The number of rotatable bonds is 4. The SMILES string of the molecule is Cc1ccc(-n2ncc3c(C4CC4)nn(Cc4ccc(F)cc4)c(=O)c32)cc1C. The Morgan fingerprint density at radius 1 is 1.07 bits per heavy atom. The lowest BCUT2D eigenvalue weighted by Crippen LogP contribution is -2.26. The van der Waals surface area contributed by atoms with Gasteiger partial charge in [0.1, 0.15) is 11.3 Å². The molecule has 2 aromatic heterocycles. The van der Waals surface area contributed by atoms with Crippen LogP contribution >= 0.6 is 0 Å². The molecule has 0 radical (unpaired) electrons. The maximum Gasteiger partial charge on any atom is 0.293 e. The summed E-state index contributed by atoms with van der Waals surface area (Å²) in [7, 11) is 0. The highest BCUT2D eigenvalue weighted by molar-refractivity contribution is 5.82. The zero-order valence-corrected chi connectivity index (χ0v) is 16.4. The van der Waals surface area contributed by atoms with Gasteiger partial charge in [-0.2, -0.15) is 10.2 Å². The number of aryl methyl sites for hydroxylation is 2. The van der Waals surface area contributed by atoms with Gasteiger partial charge in [-0.1, -0.05) is 18.2 Å². The number of hydrogen-bond donors (Lipinski definition) is 0. The lowest BCUT2D eigenvalue weighted by molar-refractivity contribution is 0.614. The van der Waals surface area contributed by atoms with Gasteiger partial charge in [0.05, 0.1) is 24.1 Å². The Morgan fingerprint density at radius 3 is 2.52 bits per heavy atom. The van der Waals surface area contributed by atoms with Gasteiger partial charge in [-0.3, -0.25) is 4.79 Å². The van der Waals surface area contributed by atoms with Gasteiger partial charge in [0.25, 0.3) is 5.56 Å². The second-order valence-electron chi connectivity index (χ2n) is 7.84. The van der Waals surface area contributed by atoms with Crippen molar-refractivity contribution in [1.29, 1.82) is 0 Å². The molecule has 0 N–H and O–H groups in total. The van der Waals surface area contributed by atoms with E-state index in [9.17, 15) is 9.18 Å². The molecule has 1 saturated carbocycles. The minimum absolute atomic E-state index is 0.190. The first kappa shape index (κ1) is 17.8. The lowest BCUT2D eigenvalue weighted by atomic mass is 10.1. The van der Waals surface area contributed by atoms with Crippen molar-refractivity contribution < 1.29 is 4.39 Å². The lowest BCUT2D eigenvalue weighted by Gasteiger charge is -2.11. The van der Waals surface area contributed by atoms with Crippen molar-refractivity contribution >= 4 is 10.9 Å². The van der Waals surface area contributed by atoms with E-state index in [0.717, 1.165) is 40.7 Å². The summed E-state index contributed by atoms with van der Waals surface area (Å²) >= 11 is 0. The number of hydrogen-bond acceptors (Lipinski definition) is 3. The summed E-state index contributed by atoms with van der Waals surface area (Å²) in [6.07, 6.45) is 3.91. The molecule has 0 atom stereocenters. The normalized spacial score (nSPS) is 13.9. The highest BCUT2D eigenvalue weighted by Gasteiger charge is 2.30. The number of nitrogens with zero attached hydrogens (tertiary/aromatic N) is 4. The van der Waals surface area contributed by atoms with E-state index in [0.29, 0.717) is 18.0 Å². The van der Waals surface area contributed by atoms with Crippen molar-refractivity contribution in [3.05, 3.63) is 87.2 Å². The van der Waals surface area contributed by atoms with Crippen molar-refractivity contribution in [3.63, 3.8) is 0 Å². The van der Waals surface area contributed by atoms with Crippen LogP contribution in [0.25, 0.3) is 16.6 Å². The van der Waals surface area contributed by atoms with Crippen LogP contribution in [-0.4, -0.2) is 19.6 Å². The van der Waals surface area contributed by atoms with E-state index in [1.807, 2.05) is 18.2 Å². The highest BCUT2D eigenvalue weighted by Crippen LogP contribution is 2.41. The molecule has 146 valence electrons. The second-order valence-corrected chi connectivity index (χ2v) is 7.84. The molecular weight excluding hydrogens is 367 g/mol. The Hall–Kier alpha value is -3.28. The monoisotopic (exact) mass is 388 g/mol. The fourth-order valence-electron chi connectivity index (χ4n) is 3.67. The van der Waals surface area contributed by atoms with Crippen molar-refractivity contribution in [1.82, 2.24) is 19.6 Å². The number of halogens is 1. The summed E-state index contributed by atoms with van der Waals surface area (Å²) in [6, 6.07) is 12.2. The zero-order valence-electron chi connectivity index (χ0n) is 16.4. The fourth-order valence-corrected chi connectivity index (χ4v) is 3.67. The first-order valence-corrected chi connectivity index (χ1v) is 9.82. The van der Waals surface area contributed by atoms with E-state index < -0.39 is 0 Å². The number of fused-ring (bicyclic) bond motifs is 1. The Morgan fingerprint density at radius 2 is 1.83 bits per heavy atom. The van der Waals surface area contributed by atoms with Crippen LogP contribution in [-0.2, 0) is 6.54 Å². The molecule has 2 aromatic carbocycles. The Labute approximate surface area is 167 Å². The average molecular weight is 388 g/mol. The third kappa shape index (κ3) is 3.14. The third-order valence-electron chi connectivity index (χ3n) is 5.66. The van der Waals surface area contributed by atoms with Gasteiger partial charge in [-0.25, -0.2) is 13.8 Å². The molecular formula is C23H21FN4O. The molecule has 1 aliphatic rings. The molecule has 29 heavy (non-hydrogen) atoms. The summed E-state index contributed by atoms with van der Waals surface area (Å²) in [5.74, 6) is 0.0750.